The first-order valence-electron chi connectivity index (χ1n) is 7.44. The lowest BCUT2D eigenvalue weighted by Crippen LogP contribution is -2.23. The third-order valence-corrected chi connectivity index (χ3v) is 5.69. The quantitative estimate of drug-likeness (QED) is 0.848. The van der Waals surface area contributed by atoms with E-state index in [0.717, 1.165) is 17.7 Å². The fourth-order valence-corrected chi connectivity index (χ4v) is 4.46. The molecule has 1 saturated heterocycles. The number of nitrogens with one attached hydrogen (secondary N) is 1. The molecule has 1 aliphatic rings. The molecule has 0 amide bonds. The van der Waals surface area contributed by atoms with E-state index in [0.29, 0.717) is 30.6 Å². The minimum Gasteiger partial charge on any atom is -0.497 e. The topological polar surface area (TPSA) is 94.3 Å². The molecule has 1 fully saturated rings. The van der Waals surface area contributed by atoms with Crippen molar-refractivity contribution in [1.29, 1.82) is 0 Å². The van der Waals surface area contributed by atoms with Crippen molar-refractivity contribution in [1.82, 2.24) is 15.5 Å². The number of hydrogen-bond donors (Lipinski definition) is 1. The molecule has 0 bridgehead atoms. The number of sulfone groups is 1. The number of nitrogens with zero attached hydrogens (tertiary/aromatic N) is 2. The van der Waals surface area contributed by atoms with E-state index in [1.807, 2.05) is 24.3 Å². The standard InChI is InChI=1S/C15H19N3O4S/c1-21-13-4-2-12(3-5-13)15-17-14(22-18-15)9-16-8-11-6-7-23(19,20)10-11/h2-5,11,16H,6-10H2,1H3/t11-/m1/s1. The van der Waals surface area contributed by atoms with Gasteiger partial charge < -0.3 is 14.6 Å². The van der Waals surface area contributed by atoms with Crippen LogP contribution in [0.5, 0.6) is 5.75 Å². The Balaban J connectivity index is 1.53. The van der Waals surface area contributed by atoms with Gasteiger partial charge in [0.2, 0.25) is 11.7 Å². The van der Waals surface area contributed by atoms with Gasteiger partial charge in [-0.1, -0.05) is 5.16 Å². The van der Waals surface area contributed by atoms with E-state index in [-0.39, 0.29) is 11.7 Å². The smallest absolute Gasteiger partial charge is 0.240 e. The second-order valence-electron chi connectivity index (χ2n) is 5.64. The highest BCUT2D eigenvalue weighted by Gasteiger charge is 2.27. The molecule has 3 rings (SSSR count). The highest BCUT2D eigenvalue weighted by Crippen LogP contribution is 2.20. The molecule has 2 heterocycles. The molecule has 0 aliphatic carbocycles. The van der Waals surface area contributed by atoms with E-state index in [1.54, 1.807) is 7.11 Å². The first kappa shape index (κ1) is 15.9. The van der Waals surface area contributed by atoms with Gasteiger partial charge in [-0.2, -0.15) is 4.98 Å². The summed E-state index contributed by atoms with van der Waals surface area (Å²) in [4.78, 5) is 4.33. The summed E-state index contributed by atoms with van der Waals surface area (Å²) in [5.41, 5.74) is 0.850. The highest BCUT2D eigenvalue weighted by atomic mass is 32.2. The molecule has 1 aromatic heterocycles. The van der Waals surface area contributed by atoms with Gasteiger partial charge in [0.05, 0.1) is 25.2 Å². The SMILES string of the molecule is COc1ccc(-c2noc(CNC[C@H]3CCS(=O)(=O)C3)n2)cc1. The summed E-state index contributed by atoms with van der Waals surface area (Å²) < 4.78 is 33.1. The molecular weight excluding hydrogens is 318 g/mol. The number of aromatic nitrogens is 2. The van der Waals surface area contributed by atoms with Gasteiger partial charge in [-0.05, 0) is 43.1 Å². The number of hydrogen-bond acceptors (Lipinski definition) is 7. The van der Waals surface area contributed by atoms with Crippen LogP contribution in [0.4, 0.5) is 0 Å². The van der Waals surface area contributed by atoms with E-state index in [2.05, 4.69) is 15.5 Å². The number of rotatable bonds is 6. The van der Waals surface area contributed by atoms with Gasteiger partial charge in [0, 0.05) is 5.56 Å². The van der Waals surface area contributed by atoms with Gasteiger partial charge in [-0.15, -0.1) is 0 Å². The molecule has 1 atom stereocenters. The van der Waals surface area contributed by atoms with E-state index >= 15 is 0 Å². The van der Waals surface area contributed by atoms with Crippen molar-refractivity contribution in [3.05, 3.63) is 30.2 Å². The molecule has 0 unspecified atom stereocenters. The summed E-state index contributed by atoms with van der Waals surface area (Å²) in [7, 11) is -1.22. The second kappa shape index (κ2) is 6.67. The van der Waals surface area contributed by atoms with Gasteiger partial charge in [-0.3, -0.25) is 0 Å². The lowest BCUT2D eigenvalue weighted by atomic mass is 10.1. The van der Waals surface area contributed by atoms with Crippen LogP contribution in [0.1, 0.15) is 12.3 Å². The van der Waals surface area contributed by atoms with Crippen molar-refractivity contribution in [2.45, 2.75) is 13.0 Å². The molecule has 23 heavy (non-hydrogen) atoms. The summed E-state index contributed by atoms with van der Waals surface area (Å²) in [6.45, 7) is 1.07. The lowest BCUT2D eigenvalue weighted by Gasteiger charge is -2.06. The first-order valence-corrected chi connectivity index (χ1v) is 9.26. The molecule has 1 N–H and O–H groups in total. The average Bonchev–Trinajstić information content (AvgIpc) is 3.14. The van der Waals surface area contributed by atoms with E-state index in [1.165, 1.54) is 0 Å². The zero-order valence-electron chi connectivity index (χ0n) is 12.9. The van der Waals surface area contributed by atoms with E-state index < -0.39 is 9.84 Å². The fraction of sp³-hybridized carbons (Fsp3) is 0.467. The van der Waals surface area contributed by atoms with Gasteiger partial charge in [0.1, 0.15) is 5.75 Å². The molecule has 7 nitrogen and oxygen atoms in total. The Morgan fingerprint density at radius 3 is 2.78 bits per heavy atom. The third kappa shape index (κ3) is 4.08. The molecule has 1 aliphatic heterocycles. The van der Waals surface area contributed by atoms with Crippen LogP contribution in [0.2, 0.25) is 0 Å². The summed E-state index contributed by atoms with van der Waals surface area (Å²) in [5.74, 6) is 2.50. The summed E-state index contributed by atoms with van der Waals surface area (Å²) in [6, 6.07) is 7.41. The minimum atomic E-state index is -2.83. The van der Waals surface area contributed by atoms with Crippen molar-refractivity contribution in [2.75, 3.05) is 25.2 Å². The van der Waals surface area contributed by atoms with Gasteiger partial charge in [0.25, 0.3) is 0 Å². The molecule has 2 aromatic rings. The first-order chi connectivity index (χ1) is 11.1. The van der Waals surface area contributed by atoms with Crippen LogP contribution in [0.15, 0.2) is 28.8 Å². The Kier molecular flexibility index (Phi) is 4.63. The maximum Gasteiger partial charge on any atom is 0.240 e. The number of benzene rings is 1. The van der Waals surface area contributed by atoms with Crippen LogP contribution < -0.4 is 10.1 Å². The Morgan fingerprint density at radius 2 is 2.13 bits per heavy atom. The van der Waals surface area contributed by atoms with E-state index in [4.69, 9.17) is 9.26 Å². The monoisotopic (exact) mass is 337 g/mol. The minimum absolute atomic E-state index is 0.170. The average molecular weight is 337 g/mol. The van der Waals surface area contributed by atoms with E-state index in [9.17, 15) is 8.42 Å². The van der Waals surface area contributed by atoms with Crippen molar-refractivity contribution < 1.29 is 17.7 Å². The summed E-state index contributed by atoms with van der Waals surface area (Å²) in [6.07, 6.45) is 0.719. The lowest BCUT2D eigenvalue weighted by molar-refractivity contribution is 0.362. The van der Waals surface area contributed by atoms with Crippen molar-refractivity contribution >= 4 is 9.84 Å². The van der Waals surface area contributed by atoms with Crippen LogP contribution >= 0.6 is 0 Å². The third-order valence-electron chi connectivity index (χ3n) is 3.85. The second-order valence-corrected chi connectivity index (χ2v) is 7.87. The normalized spacial score (nSPS) is 19.8. The Hall–Kier alpha value is -1.93. The highest BCUT2D eigenvalue weighted by molar-refractivity contribution is 7.91. The maximum atomic E-state index is 11.4. The maximum absolute atomic E-state index is 11.4. The molecule has 1 aromatic carbocycles. The molecule has 0 spiro atoms. The predicted octanol–water partition coefficient (Wildman–Crippen LogP) is 1.27. The number of methoxy groups -OCH3 is 1. The van der Waals surface area contributed by atoms with Gasteiger partial charge in [0.15, 0.2) is 9.84 Å². The summed E-state index contributed by atoms with van der Waals surface area (Å²) >= 11 is 0. The Bertz CT molecular complexity index is 755. The van der Waals surface area contributed by atoms with Crippen LogP contribution in [-0.4, -0.2) is 43.7 Å². The molecule has 0 radical (unpaired) electrons. The zero-order valence-corrected chi connectivity index (χ0v) is 13.7. The van der Waals surface area contributed by atoms with Gasteiger partial charge >= 0.3 is 0 Å². The summed E-state index contributed by atoms with van der Waals surface area (Å²) in [5, 5.41) is 7.14. The van der Waals surface area contributed by atoms with Crippen molar-refractivity contribution in [3.63, 3.8) is 0 Å². The fourth-order valence-electron chi connectivity index (χ4n) is 2.60. The zero-order chi connectivity index (χ0) is 16.3. The van der Waals surface area contributed by atoms with Crippen LogP contribution in [0.3, 0.4) is 0 Å². The molecular formula is C15H19N3O4S. The Labute approximate surface area is 135 Å². The van der Waals surface area contributed by atoms with Crippen LogP contribution in [-0.2, 0) is 16.4 Å². The molecule has 124 valence electrons. The Morgan fingerprint density at radius 1 is 1.35 bits per heavy atom. The van der Waals surface area contributed by atoms with Gasteiger partial charge in [-0.25, -0.2) is 8.42 Å². The van der Waals surface area contributed by atoms with Crippen LogP contribution in [0.25, 0.3) is 11.4 Å². The molecule has 0 saturated carbocycles. The van der Waals surface area contributed by atoms with Crippen LogP contribution in [0, 0.1) is 5.92 Å². The van der Waals surface area contributed by atoms with Crippen molar-refractivity contribution in [2.24, 2.45) is 5.92 Å². The number of ether oxygens (including phenoxy) is 1. The predicted molar refractivity (Wildman–Crippen MR) is 84.8 cm³/mol. The molecule has 8 heteroatoms. The van der Waals surface area contributed by atoms with Crippen molar-refractivity contribution in [3.8, 4) is 17.1 Å². The largest absolute Gasteiger partial charge is 0.497 e.